The van der Waals surface area contributed by atoms with Gasteiger partial charge in [-0.15, -0.1) is 0 Å². The molecule has 1 amide bonds. The van der Waals surface area contributed by atoms with E-state index in [1.54, 1.807) is 41.3 Å². The molecule has 1 aliphatic heterocycles. The normalized spacial score (nSPS) is 17.7. The summed E-state index contributed by atoms with van der Waals surface area (Å²) < 4.78 is 41.2. The molecular weight excluding hydrogens is 602 g/mol. The van der Waals surface area contributed by atoms with Crippen molar-refractivity contribution >= 4 is 21.6 Å². The molecule has 0 saturated carbocycles. The molecule has 0 aromatic heterocycles. The van der Waals surface area contributed by atoms with Gasteiger partial charge in [0, 0.05) is 36.8 Å². The third-order valence-corrected chi connectivity index (χ3v) is 9.47. The summed E-state index contributed by atoms with van der Waals surface area (Å²) in [5.41, 5.74) is 2.02. The Balaban J connectivity index is 1.34. The highest BCUT2D eigenvalue weighted by atomic mass is 32.2. The monoisotopic (exact) mass is 643 g/mol. The number of nitrogens with one attached hydrogen (secondary N) is 1. The van der Waals surface area contributed by atoms with E-state index in [4.69, 9.17) is 9.47 Å². The first-order chi connectivity index (χ1) is 22.1. The molecule has 0 saturated heterocycles. The molecule has 10 heteroatoms. The second kappa shape index (κ2) is 14.8. The van der Waals surface area contributed by atoms with Gasteiger partial charge in [0.2, 0.25) is 5.91 Å². The van der Waals surface area contributed by atoms with Crippen LogP contribution in [-0.4, -0.2) is 68.1 Å². The molecule has 1 heterocycles. The molecule has 0 radical (unpaired) electrons. The molecule has 242 valence electrons. The third-order valence-electron chi connectivity index (χ3n) is 8.07. The van der Waals surface area contributed by atoms with Gasteiger partial charge in [0.25, 0.3) is 10.0 Å². The summed E-state index contributed by atoms with van der Waals surface area (Å²) in [6.07, 6.45) is -0.289. The standard InChI is InChI=1S/C36H41N3O6S/c1-26-22-39(27(2)25-40)36(41)21-29-20-30(37-46(42,43)33-12-8-5-9-13-33)16-19-34(29)45-35(26)24-38(3)23-28-14-17-32(18-15-28)44-31-10-6-4-7-11-31/h4-20,26-27,35,37,40H,21-25H2,1-3H3/t26-,27-,35+/m1/s1. The lowest BCUT2D eigenvalue weighted by molar-refractivity contribution is -0.134. The lowest BCUT2D eigenvalue weighted by atomic mass is 10.0. The molecule has 0 aliphatic carbocycles. The first-order valence-corrected chi connectivity index (χ1v) is 16.9. The Morgan fingerprint density at radius 1 is 0.978 bits per heavy atom. The molecule has 0 fully saturated rings. The van der Waals surface area contributed by atoms with Gasteiger partial charge in [-0.25, -0.2) is 8.42 Å². The van der Waals surface area contributed by atoms with E-state index >= 15 is 0 Å². The molecule has 1 aliphatic rings. The number of para-hydroxylation sites is 1. The van der Waals surface area contributed by atoms with Gasteiger partial charge < -0.3 is 19.5 Å². The predicted octanol–water partition coefficient (Wildman–Crippen LogP) is 5.56. The van der Waals surface area contributed by atoms with E-state index in [0.717, 1.165) is 17.1 Å². The molecular formula is C36H41N3O6S. The van der Waals surface area contributed by atoms with E-state index in [2.05, 4.69) is 9.62 Å². The Bertz CT molecular complexity index is 1700. The minimum absolute atomic E-state index is 0.00720. The molecule has 3 atom stereocenters. The molecule has 0 bridgehead atoms. The maximum Gasteiger partial charge on any atom is 0.261 e. The summed E-state index contributed by atoms with van der Waals surface area (Å²) in [5.74, 6) is 1.85. The number of aliphatic hydroxyl groups is 1. The Morgan fingerprint density at radius 2 is 1.63 bits per heavy atom. The minimum Gasteiger partial charge on any atom is -0.488 e. The van der Waals surface area contributed by atoms with E-state index in [0.29, 0.717) is 36.6 Å². The molecule has 5 rings (SSSR count). The van der Waals surface area contributed by atoms with Gasteiger partial charge in [0.15, 0.2) is 0 Å². The van der Waals surface area contributed by atoms with Crippen molar-refractivity contribution in [3.05, 3.63) is 114 Å². The SMILES string of the molecule is C[C@@H]1CN([C@H](C)CO)C(=O)Cc2cc(NS(=O)(=O)c3ccccc3)ccc2O[C@H]1CN(C)Cc1ccc(Oc2ccccc2)cc1. The van der Waals surface area contributed by atoms with E-state index < -0.39 is 10.0 Å². The highest BCUT2D eigenvalue weighted by Crippen LogP contribution is 2.30. The number of nitrogens with zero attached hydrogens (tertiary/aromatic N) is 2. The van der Waals surface area contributed by atoms with Crippen molar-refractivity contribution in [3.8, 4) is 17.2 Å². The Hall–Kier alpha value is -4.38. The average molecular weight is 644 g/mol. The van der Waals surface area contributed by atoms with Crippen molar-refractivity contribution in [1.82, 2.24) is 9.80 Å². The summed E-state index contributed by atoms with van der Waals surface area (Å²) in [4.78, 5) is 17.6. The largest absolute Gasteiger partial charge is 0.488 e. The number of fused-ring (bicyclic) bond motifs is 1. The number of benzene rings is 4. The van der Waals surface area contributed by atoms with Crippen molar-refractivity contribution in [3.63, 3.8) is 0 Å². The summed E-state index contributed by atoms with van der Waals surface area (Å²) in [6, 6.07) is 30.4. The number of likely N-dealkylation sites (N-methyl/N-ethyl adjacent to an activating group) is 1. The average Bonchev–Trinajstić information content (AvgIpc) is 3.09. The maximum atomic E-state index is 13.6. The molecule has 9 nitrogen and oxygen atoms in total. The Kier molecular flexibility index (Phi) is 10.6. The number of hydrogen-bond donors (Lipinski definition) is 2. The zero-order chi connectivity index (χ0) is 32.7. The van der Waals surface area contributed by atoms with Crippen LogP contribution in [0.4, 0.5) is 5.69 Å². The smallest absolute Gasteiger partial charge is 0.261 e. The van der Waals surface area contributed by atoms with Crippen LogP contribution in [0.2, 0.25) is 0 Å². The van der Waals surface area contributed by atoms with Crippen LogP contribution in [0, 0.1) is 5.92 Å². The van der Waals surface area contributed by atoms with Crippen LogP contribution in [0.25, 0.3) is 0 Å². The van der Waals surface area contributed by atoms with E-state index in [-0.39, 0.29) is 41.9 Å². The molecule has 4 aromatic rings. The summed E-state index contributed by atoms with van der Waals surface area (Å²) in [5, 5.41) is 9.96. The van der Waals surface area contributed by atoms with Crippen molar-refractivity contribution in [1.29, 1.82) is 0 Å². The number of ether oxygens (including phenoxy) is 2. The van der Waals surface area contributed by atoms with Crippen LogP contribution in [0.15, 0.2) is 108 Å². The number of amides is 1. The van der Waals surface area contributed by atoms with Gasteiger partial charge in [0.1, 0.15) is 23.4 Å². The quantitative estimate of drug-likeness (QED) is 0.220. The zero-order valence-corrected chi connectivity index (χ0v) is 27.2. The number of hydrogen-bond acceptors (Lipinski definition) is 7. The van der Waals surface area contributed by atoms with Gasteiger partial charge in [-0.1, -0.05) is 55.5 Å². The molecule has 0 unspecified atom stereocenters. The number of carbonyl (C=O) groups is 1. The zero-order valence-electron chi connectivity index (χ0n) is 26.4. The molecule has 0 spiro atoms. The number of aliphatic hydroxyl groups excluding tert-OH is 1. The van der Waals surface area contributed by atoms with Crippen LogP contribution < -0.4 is 14.2 Å². The highest BCUT2D eigenvalue weighted by Gasteiger charge is 2.31. The van der Waals surface area contributed by atoms with E-state index in [1.807, 2.05) is 75.5 Å². The lowest BCUT2D eigenvalue weighted by Crippen LogP contribution is -2.47. The number of rotatable bonds is 11. The first kappa shape index (κ1) is 33.0. The first-order valence-electron chi connectivity index (χ1n) is 15.4. The minimum atomic E-state index is -3.82. The molecule has 46 heavy (non-hydrogen) atoms. The van der Waals surface area contributed by atoms with Crippen LogP contribution in [0.1, 0.15) is 25.0 Å². The fourth-order valence-electron chi connectivity index (χ4n) is 5.50. The van der Waals surface area contributed by atoms with Crippen LogP contribution >= 0.6 is 0 Å². The lowest BCUT2D eigenvalue weighted by Gasteiger charge is -2.34. The van der Waals surface area contributed by atoms with Crippen molar-refractivity contribution in [2.75, 3.05) is 31.5 Å². The summed E-state index contributed by atoms with van der Waals surface area (Å²) in [7, 11) is -1.80. The van der Waals surface area contributed by atoms with Crippen molar-refractivity contribution < 1.29 is 27.8 Å². The number of anilines is 1. The van der Waals surface area contributed by atoms with Gasteiger partial charge >= 0.3 is 0 Å². The van der Waals surface area contributed by atoms with Gasteiger partial charge in [-0.05, 0) is 74.1 Å². The van der Waals surface area contributed by atoms with Gasteiger partial charge in [0.05, 0.1) is 24.0 Å². The summed E-state index contributed by atoms with van der Waals surface area (Å²) in [6.45, 7) is 5.35. The van der Waals surface area contributed by atoms with Gasteiger partial charge in [-0.2, -0.15) is 0 Å². The Morgan fingerprint density at radius 3 is 2.30 bits per heavy atom. The van der Waals surface area contributed by atoms with E-state index in [9.17, 15) is 18.3 Å². The number of sulfonamides is 1. The van der Waals surface area contributed by atoms with Crippen LogP contribution in [0.3, 0.4) is 0 Å². The van der Waals surface area contributed by atoms with Crippen molar-refractivity contribution in [2.24, 2.45) is 5.92 Å². The van der Waals surface area contributed by atoms with Gasteiger partial charge in [-0.3, -0.25) is 14.4 Å². The van der Waals surface area contributed by atoms with Crippen molar-refractivity contribution in [2.45, 2.75) is 43.9 Å². The summed E-state index contributed by atoms with van der Waals surface area (Å²) >= 11 is 0. The fraction of sp³-hybridized carbons (Fsp3) is 0.306. The topological polar surface area (TPSA) is 108 Å². The fourth-order valence-corrected chi connectivity index (χ4v) is 6.57. The molecule has 4 aromatic carbocycles. The van der Waals surface area contributed by atoms with Crippen LogP contribution in [0.5, 0.6) is 17.2 Å². The third kappa shape index (κ3) is 8.45. The van der Waals surface area contributed by atoms with E-state index in [1.165, 1.54) is 12.1 Å². The predicted molar refractivity (Wildman–Crippen MR) is 179 cm³/mol. The van der Waals surface area contributed by atoms with Crippen LogP contribution in [-0.2, 0) is 27.8 Å². The number of carbonyl (C=O) groups excluding carboxylic acids is 1. The second-order valence-electron chi connectivity index (χ2n) is 11.9. The second-order valence-corrected chi connectivity index (χ2v) is 13.6. The maximum absolute atomic E-state index is 13.6. The Labute approximate surface area is 271 Å². The highest BCUT2D eigenvalue weighted by molar-refractivity contribution is 7.92. The molecule has 2 N–H and O–H groups in total.